The van der Waals surface area contributed by atoms with Crippen LogP contribution in [-0.2, 0) is 13.2 Å². The van der Waals surface area contributed by atoms with E-state index in [0.717, 1.165) is 17.8 Å². The lowest BCUT2D eigenvalue weighted by Gasteiger charge is -2.17. The first kappa shape index (κ1) is 14.4. The number of benzene rings is 2. The molecule has 2 rings (SSSR count). The lowest BCUT2D eigenvalue weighted by molar-refractivity contribution is 0.282. The summed E-state index contributed by atoms with van der Waals surface area (Å²) in [6, 6.07) is 14.4. The molecule has 0 fully saturated rings. The van der Waals surface area contributed by atoms with E-state index in [4.69, 9.17) is 5.11 Å². The fourth-order valence-electron chi connectivity index (χ4n) is 2.17. The molecular formula is C17H22N2O. The van der Waals surface area contributed by atoms with Gasteiger partial charge >= 0.3 is 0 Å². The summed E-state index contributed by atoms with van der Waals surface area (Å²) in [5, 5.41) is 12.5. The van der Waals surface area contributed by atoms with Crippen LogP contribution in [0.2, 0.25) is 0 Å². The quantitative estimate of drug-likeness (QED) is 0.876. The molecule has 0 aromatic heterocycles. The first-order valence-electron chi connectivity index (χ1n) is 6.80. The summed E-state index contributed by atoms with van der Waals surface area (Å²) in [7, 11) is 4.11. The average molecular weight is 270 g/mol. The number of aliphatic hydroxyl groups is 1. The molecule has 0 aliphatic carbocycles. The standard InChI is InChI=1S/C17H22N2O/c1-13-4-9-16(10-17(13)19(2)3)18-11-14-5-7-15(12-20)8-6-14/h4-10,18,20H,11-12H2,1-3H3. The Hall–Kier alpha value is -2.00. The maximum Gasteiger partial charge on any atom is 0.0681 e. The molecule has 0 bridgehead atoms. The van der Waals surface area contributed by atoms with Crippen molar-refractivity contribution in [3.63, 3.8) is 0 Å². The normalized spacial score (nSPS) is 10.4. The Morgan fingerprint density at radius 1 is 1.00 bits per heavy atom. The number of anilines is 2. The van der Waals surface area contributed by atoms with Crippen molar-refractivity contribution in [2.24, 2.45) is 0 Å². The highest BCUT2D eigenvalue weighted by atomic mass is 16.3. The van der Waals surface area contributed by atoms with Crippen LogP contribution in [0.25, 0.3) is 0 Å². The predicted molar refractivity (Wildman–Crippen MR) is 85.2 cm³/mol. The van der Waals surface area contributed by atoms with Crippen LogP contribution in [0.5, 0.6) is 0 Å². The van der Waals surface area contributed by atoms with Gasteiger partial charge in [-0.2, -0.15) is 0 Å². The summed E-state index contributed by atoms with van der Waals surface area (Å²) < 4.78 is 0. The van der Waals surface area contributed by atoms with Crippen molar-refractivity contribution in [1.29, 1.82) is 0 Å². The molecular weight excluding hydrogens is 248 g/mol. The number of hydrogen-bond acceptors (Lipinski definition) is 3. The van der Waals surface area contributed by atoms with Gasteiger partial charge in [-0.1, -0.05) is 30.3 Å². The zero-order chi connectivity index (χ0) is 14.5. The van der Waals surface area contributed by atoms with Crippen LogP contribution in [0.15, 0.2) is 42.5 Å². The molecule has 2 aromatic rings. The number of rotatable bonds is 5. The van der Waals surface area contributed by atoms with Crippen molar-refractivity contribution >= 4 is 11.4 Å². The molecule has 0 amide bonds. The maximum atomic E-state index is 9.02. The molecule has 0 saturated heterocycles. The van der Waals surface area contributed by atoms with Crippen LogP contribution in [0, 0.1) is 6.92 Å². The van der Waals surface area contributed by atoms with Gasteiger partial charge in [0.1, 0.15) is 0 Å². The first-order valence-corrected chi connectivity index (χ1v) is 6.80. The number of hydrogen-bond donors (Lipinski definition) is 2. The number of nitrogens with one attached hydrogen (secondary N) is 1. The second-order valence-electron chi connectivity index (χ2n) is 5.22. The van der Waals surface area contributed by atoms with Gasteiger partial charge in [-0.25, -0.2) is 0 Å². The van der Waals surface area contributed by atoms with Gasteiger partial charge in [-0.05, 0) is 35.7 Å². The molecule has 0 unspecified atom stereocenters. The van der Waals surface area contributed by atoms with Gasteiger partial charge in [0.2, 0.25) is 0 Å². The number of nitrogens with zero attached hydrogens (tertiary/aromatic N) is 1. The van der Waals surface area contributed by atoms with Gasteiger partial charge in [0.25, 0.3) is 0 Å². The highest BCUT2D eigenvalue weighted by Gasteiger charge is 2.02. The summed E-state index contributed by atoms with van der Waals surface area (Å²) >= 11 is 0. The van der Waals surface area contributed by atoms with Crippen LogP contribution < -0.4 is 10.2 Å². The first-order chi connectivity index (χ1) is 9.60. The Balaban J connectivity index is 2.04. The summed E-state index contributed by atoms with van der Waals surface area (Å²) in [5.41, 5.74) is 5.76. The van der Waals surface area contributed by atoms with Gasteiger partial charge in [-0.3, -0.25) is 0 Å². The fraction of sp³-hybridized carbons (Fsp3) is 0.294. The van der Waals surface area contributed by atoms with Crippen molar-refractivity contribution < 1.29 is 5.11 Å². The minimum Gasteiger partial charge on any atom is -0.392 e. The minimum atomic E-state index is 0.0951. The summed E-state index contributed by atoms with van der Waals surface area (Å²) in [6.45, 7) is 2.99. The van der Waals surface area contributed by atoms with Gasteiger partial charge in [0.15, 0.2) is 0 Å². The molecule has 0 aliphatic heterocycles. The molecule has 0 spiro atoms. The predicted octanol–water partition coefficient (Wildman–Crippen LogP) is 3.17. The Bertz CT molecular complexity index is 562. The Morgan fingerprint density at radius 3 is 2.25 bits per heavy atom. The fourth-order valence-corrected chi connectivity index (χ4v) is 2.17. The molecule has 2 N–H and O–H groups in total. The third-order valence-corrected chi connectivity index (χ3v) is 3.39. The van der Waals surface area contributed by atoms with Crippen LogP contribution in [-0.4, -0.2) is 19.2 Å². The number of aliphatic hydroxyl groups excluding tert-OH is 1. The molecule has 3 nitrogen and oxygen atoms in total. The van der Waals surface area contributed by atoms with Gasteiger partial charge in [0.05, 0.1) is 6.61 Å². The van der Waals surface area contributed by atoms with E-state index in [1.54, 1.807) is 0 Å². The Kier molecular flexibility index (Phi) is 4.64. The van der Waals surface area contributed by atoms with Crippen molar-refractivity contribution in [2.45, 2.75) is 20.1 Å². The summed E-state index contributed by atoms with van der Waals surface area (Å²) in [5.74, 6) is 0. The van der Waals surface area contributed by atoms with E-state index >= 15 is 0 Å². The van der Waals surface area contributed by atoms with E-state index in [2.05, 4.69) is 49.4 Å². The molecule has 0 aliphatic rings. The zero-order valence-corrected chi connectivity index (χ0v) is 12.4. The molecule has 0 atom stereocenters. The van der Waals surface area contributed by atoms with E-state index in [0.29, 0.717) is 0 Å². The smallest absolute Gasteiger partial charge is 0.0681 e. The molecule has 0 saturated carbocycles. The van der Waals surface area contributed by atoms with Crippen LogP contribution >= 0.6 is 0 Å². The van der Waals surface area contributed by atoms with Gasteiger partial charge in [-0.15, -0.1) is 0 Å². The number of aryl methyl sites for hydroxylation is 1. The molecule has 106 valence electrons. The van der Waals surface area contributed by atoms with Crippen molar-refractivity contribution in [1.82, 2.24) is 0 Å². The third-order valence-electron chi connectivity index (χ3n) is 3.39. The Morgan fingerprint density at radius 2 is 1.65 bits per heavy atom. The largest absolute Gasteiger partial charge is 0.392 e. The molecule has 20 heavy (non-hydrogen) atoms. The van der Waals surface area contributed by atoms with E-state index in [1.165, 1.54) is 16.8 Å². The molecule has 0 heterocycles. The van der Waals surface area contributed by atoms with E-state index in [9.17, 15) is 0 Å². The highest BCUT2D eigenvalue weighted by Crippen LogP contribution is 2.22. The minimum absolute atomic E-state index is 0.0951. The van der Waals surface area contributed by atoms with E-state index in [1.807, 2.05) is 24.3 Å². The van der Waals surface area contributed by atoms with Crippen LogP contribution in [0.3, 0.4) is 0 Å². The van der Waals surface area contributed by atoms with E-state index < -0.39 is 0 Å². The second kappa shape index (κ2) is 6.44. The monoisotopic (exact) mass is 270 g/mol. The third kappa shape index (κ3) is 3.52. The maximum absolute atomic E-state index is 9.02. The van der Waals surface area contributed by atoms with E-state index in [-0.39, 0.29) is 6.61 Å². The van der Waals surface area contributed by atoms with Crippen molar-refractivity contribution in [2.75, 3.05) is 24.3 Å². The lowest BCUT2D eigenvalue weighted by atomic mass is 10.1. The molecule has 3 heteroatoms. The SMILES string of the molecule is Cc1ccc(NCc2ccc(CO)cc2)cc1N(C)C. The van der Waals surface area contributed by atoms with Crippen molar-refractivity contribution in [3.8, 4) is 0 Å². The molecule has 0 radical (unpaired) electrons. The Labute approximate surface area is 120 Å². The van der Waals surface area contributed by atoms with Gasteiger partial charge in [0, 0.05) is 32.0 Å². The second-order valence-corrected chi connectivity index (χ2v) is 5.22. The molecule has 2 aromatic carbocycles. The van der Waals surface area contributed by atoms with Gasteiger partial charge < -0.3 is 15.3 Å². The highest BCUT2D eigenvalue weighted by molar-refractivity contribution is 5.61. The zero-order valence-electron chi connectivity index (χ0n) is 12.4. The summed E-state index contributed by atoms with van der Waals surface area (Å²) in [6.07, 6.45) is 0. The lowest BCUT2D eigenvalue weighted by Crippen LogP contribution is -2.11. The van der Waals surface area contributed by atoms with Crippen LogP contribution in [0.1, 0.15) is 16.7 Å². The summed E-state index contributed by atoms with van der Waals surface area (Å²) in [4.78, 5) is 2.12. The average Bonchev–Trinajstić information content (AvgIpc) is 2.46. The topological polar surface area (TPSA) is 35.5 Å². The van der Waals surface area contributed by atoms with Crippen molar-refractivity contribution in [3.05, 3.63) is 59.2 Å². The van der Waals surface area contributed by atoms with Crippen LogP contribution in [0.4, 0.5) is 11.4 Å².